The van der Waals surface area contributed by atoms with Gasteiger partial charge in [0.15, 0.2) is 0 Å². The molecule has 0 saturated heterocycles. The van der Waals surface area contributed by atoms with Crippen LogP contribution in [0.4, 0.5) is 0 Å². The molecular weight excluding hydrogens is 388 g/mol. The van der Waals surface area contributed by atoms with Gasteiger partial charge in [-0.3, -0.25) is 0 Å². The first-order valence-electron chi connectivity index (χ1n) is 11.5. The van der Waals surface area contributed by atoms with Gasteiger partial charge in [0.05, 0.1) is 12.1 Å². The van der Waals surface area contributed by atoms with Gasteiger partial charge in [-0.2, -0.15) is 0 Å². The summed E-state index contributed by atoms with van der Waals surface area (Å²) in [5, 5.41) is 7.37. The predicted octanol–water partition coefficient (Wildman–Crippen LogP) is 6.58. The second-order valence-corrected chi connectivity index (χ2v) is 8.19. The number of nitrogens with one attached hydrogen (secondary N) is 2. The molecule has 4 rings (SSSR count). The highest BCUT2D eigenvalue weighted by Crippen LogP contribution is 2.28. The van der Waals surface area contributed by atoms with Gasteiger partial charge in [0, 0.05) is 0 Å². The van der Waals surface area contributed by atoms with Crippen LogP contribution in [0.3, 0.4) is 0 Å². The first-order valence-corrected chi connectivity index (χ1v) is 11.5. The molecule has 0 aliphatic carbocycles. The van der Waals surface area contributed by atoms with E-state index in [1.54, 1.807) is 0 Å². The van der Waals surface area contributed by atoms with E-state index in [0.717, 1.165) is 19.4 Å². The maximum atomic E-state index is 3.83. The van der Waals surface area contributed by atoms with E-state index in [-0.39, 0.29) is 12.1 Å². The van der Waals surface area contributed by atoms with Crippen LogP contribution in [0.2, 0.25) is 0 Å². The van der Waals surface area contributed by atoms with E-state index in [0.29, 0.717) is 0 Å². The zero-order valence-electron chi connectivity index (χ0n) is 18.7. The van der Waals surface area contributed by atoms with Crippen molar-refractivity contribution in [3.63, 3.8) is 0 Å². The molecule has 4 aromatic rings. The zero-order chi connectivity index (χ0) is 22.0. The maximum absolute atomic E-state index is 3.83. The molecule has 0 amide bonds. The van der Waals surface area contributed by atoms with Crippen molar-refractivity contribution < 1.29 is 0 Å². The van der Waals surface area contributed by atoms with Gasteiger partial charge >= 0.3 is 0 Å². The van der Waals surface area contributed by atoms with Crippen molar-refractivity contribution in [2.75, 3.05) is 13.6 Å². The first kappa shape index (κ1) is 22.0. The molecule has 2 atom stereocenters. The second kappa shape index (κ2) is 11.4. The van der Waals surface area contributed by atoms with Crippen molar-refractivity contribution in [3.05, 3.63) is 132 Å². The molecule has 0 aromatic heterocycles. The molecule has 32 heavy (non-hydrogen) atoms. The summed E-state index contributed by atoms with van der Waals surface area (Å²) in [7, 11) is 2.05. The Kier molecular flexibility index (Phi) is 7.86. The Morgan fingerprint density at radius 3 is 1.62 bits per heavy atom. The largest absolute Gasteiger partial charge is 0.311 e. The van der Waals surface area contributed by atoms with Crippen molar-refractivity contribution in [2.45, 2.75) is 24.9 Å². The summed E-state index contributed by atoms with van der Waals surface area (Å²) in [5.74, 6) is 0. The number of aryl methyl sites for hydroxylation is 1. The van der Waals surface area contributed by atoms with E-state index in [9.17, 15) is 0 Å². The van der Waals surface area contributed by atoms with E-state index in [1.165, 1.54) is 27.8 Å². The van der Waals surface area contributed by atoms with E-state index < -0.39 is 0 Å². The standard InChI is InChI=1S/C30H32N2/c1-31-29(27-15-7-3-8-16-27)30(28-17-9-4-10-18-28)32-23-11-12-24-19-21-26(22-20-24)25-13-5-2-6-14-25/h2-10,13-22,29-32H,11-12,23H2,1H3. The van der Waals surface area contributed by atoms with Crippen LogP contribution in [-0.2, 0) is 6.42 Å². The summed E-state index contributed by atoms with van der Waals surface area (Å²) >= 11 is 0. The van der Waals surface area contributed by atoms with Crippen LogP contribution in [0.15, 0.2) is 115 Å². The average Bonchev–Trinajstić information content (AvgIpc) is 2.88. The fourth-order valence-corrected chi connectivity index (χ4v) is 4.32. The summed E-state index contributed by atoms with van der Waals surface area (Å²) in [4.78, 5) is 0. The SMILES string of the molecule is CNC(c1ccccc1)C(NCCCc1ccc(-c2ccccc2)cc1)c1ccccc1. The molecule has 2 nitrogen and oxygen atoms in total. The van der Waals surface area contributed by atoms with Crippen LogP contribution < -0.4 is 10.6 Å². The van der Waals surface area contributed by atoms with Crippen LogP contribution in [0.25, 0.3) is 11.1 Å². The van der Waals surface area contributed by atoms with Crippen LogP contribution >= 0.6 is 0 Å². The molecule has 2 N–H and O–H groups in total. The summed E-state index contributed by atoms with van der Waals surface area (Å²) in [5.41, 5.74) is 6.54. The number of hydrogen-bond acceptors (Lipinski definition) is 2. The lowest BCUT2D eigenvalue weighted by Gasteiger charge is -2.29. The van der Waals surface area contributed by atoms with Crippen molar-refractivity contribution in [2.24, 2.45) is 0 Å². The lowest BCUT2D eigenvalue weighted by atomic mass is 9.93. The number of hydrogen-bond donors (Lipinski definition) is 2. The summed E-state index contributed by atoms with van der Waals surface area (Å²) < 4.78 is 0. The summed E-state index contributed by atoms with van der Waals surface area (Å²) in [6.45, 7) is 0.963. The lowest BCUT2D eigenvalue weighted by molar-refractivity contribution is 0.403. The molecule has 0 aliphatic heterocycles. The fourth-order valence-electron chi connectivity index (χ4n) is 4.32. The van der Waals surface area contributed by atoms with Crippen molar-refractivity contribution in [1.29, 1.82) is 0 Å². The van der Waals surface area contributed by atoms with E-state index in [4.69, 9.17) is 0 Å². The van der Waals surface area contributed by atoms with Gasteiger partial charge in [0.25, 0.3) is 0 Å². The highest BCUT2D eigenvalue weighted by molar-refractivity contribution is 5.63. The summed E-state index contributed by atoms with van der Waals surface area (Å²) in [6, 6.07) is 41.4. The average molecular weight is 421 g/mol. The highest BCUT2D eigenvalue weighted by atomic mass is 15.0. The Balaban J connectivity index is 1.38. The number of likely N-dealkylation sites (N-methyl/N-ethyl adjacent to an activating group) is 1. The van der Waals surface area contributed by atoms with Crippen LogP contribution in [0, 0.1) is 0 Å². The van der Waals surface area contributed by atoms with Crippen molar-refractivity contribution >= 4 is 0 Å². The van der Waals surface area contributed by atoms with E-state index >= 15 is 0 Å². The third-order valence-electron chi connectivity index (χ3n) is 6.03. The molecule has 2 unspecified atom stereocenters. The molecule has 162 valence electrons. The Morgan fingerprint density at radius 1 is 0.562 bits per heavy atom. The minimum absolute atomic E-state index is 0.212. The third kappa shape index (κ3) is 5.73. The normalized spacial score (nSPS) is 12.9. The first-order chi connectivity index (χ1) is 15.8. The minimum Gasteiger partial charge on any atom is -0.311 e. The van der Waals surface area contributed by atoms with E-state index in [2.05, 4.69) is 126 Å². The monoisotopic (exact) mass is 420 g/mol. The van der Waals surface area contributed by atoms with Gasteiger partial charge < -0.3 is 10.6 Å². The highest BCUT2D eigenvalue weighted by Gasteiger charge is 2.22. The topological polar surface area (TPSA) is 24.1 Å². The Morgan fingerprint density at radius 2 is 1.06 bits per heavy atom. The molecule has 0 fully saturated rings. The smallest absolute Gasteiger partial charge is 0.0518 e. The molecular formula is C30H32N2. The lowest BCUT2D eigenvalue weighted by Crippen LogP contribution is -2.34. The Hall–Kier alpha value is -3.20. The Bertz CT molecular complexity index is 1040. The van der Waals surface area contributed by atoms with Gasteiger partial charge in [0.1, 0.15) is 0 Å². The fraction of sp³-hybridized carbons (Fsp3) is 0.200. The van der Waals surface area contributed by atoms with Crippen molar-refractivity contribution in [3.8, 4) is 11.1 Å². The maximum Gasteiger partial charge on any atom is 0.0518 e. The molecule has 0 heterocycles. The van der Waals surface area contributed by atoms with Gasteiger partial charge in [-0.1, -0.05) is 115 Å². The minimum atomic E-state index is 0.212. The number of rotatable bonds is 10. The van der Waals surface area contributed by atoms with E-state index in [1.807, 2.05) is 7.05 Å². The van der Waals surface area contributed by atoms with Gasteiger partial charge in [-0.15, -0.1) is 0 Å². The second-order valence-electron chi connectivity index (χ2n) is 8.19. The van der Waals surface area contributed by atoms with Gasteiger partial charge in [-0.05, 0) is 54.3 Å². The molecule has 0 saturated carbocycles. The van der Waals surface area contributed by atoms with Gasteiger partial charge in [-0.25, -0.2) is 0 Å². The molecule has 4 aromatic carbocycles. The van der Waals surface area contributed by atoms with Gasteiger partial charge in [0.2, 0.25) is 0 Å². The van der Waals surface area contributed by atoms with Crippen molar-refractivity contribution in [1.82, 2.24) is 10.6 Å². The molecule has 0 bridgehead atoms. The quantitative estimate of drug-likeness (QED) is 0.283. The molecule has 0 spiro atoms. The summed E-state index contributed by atoms with van der Waals surface area (Å²) in [6.07, 6.45) is 2.17. The molecule has 0 aliphatic rings. The van der Waals surface area contributed by atoms with Crippen LogP contribution in [0.1, 0.15) is 35.2 Å². The molecule has 0 radical (unpaired) electrons. The Labute approximate surface area is 192 Å². The zero-order valence-corrected chi connectivity index (χ0v) is 18.7. The van der Waals surface area contributed by atoms with Crippen LogP contribution in [-0.4, -0.2) is 13.6 Å². The third-order valence-corrected chi connectivity index (χ3v) is 6.03. The number of benzene rings is 4. The molecule has 2 heteroatoms. The predicted molar refractivity (Wildman–Crippen MR) is 136 cm³/mol. The van der Waals surface area contributed by atoms with Crippen LogP contribution in [0.5, 0.6) is 0 Å².